The number of morpholine rings is 1. The molecule has 2 fully saturated rings. The molecule has 2 rings (SSSR count). The van der Waals surface area contributed by atoms with Gasteiger partial charge in [0.05, 0.1) is 12.2 Å². The molecule has 0 aromatic heterocycles. The van der Waals surface area contributed by atoms with Gasteiger partial charge in [-0.1, -0.05) is 13.3 Å². The summed E-state index contributed by atoms with van der Waals surface area (Å²) < 4.78 is 5.82. The standard InChI is InChI=1S/C14H28N2O/c1-4-5-14(8-15-13-6-7-13)16-9-11(2)17-12(3)10-16/h11-15H,4-10H2,1-3H3. The smallest absolute Gasteiger partial charge is 0.0678 e. The fourth-order valence-corrected chi connectivity index (χ4v) is 2.85. The lowest BCUT2D eigenvalue weighted by atomic mass is 10.1. The Morgan fingerprint density at radius 3 is 2.41 bits per heavy atom. The molecule has 0 aromatic rings. The molecule has 1 saturated carbocycles. The zero-order valence-corrected chi connectivity index (χ0v) is 11.6. The van der Waals surface area contributed by atoms with Crippen molar-refractivity contribution in [2.45, 2.75) is 70.7 Å². The van der Waals surface area contributed by atoms with Crippen molar-refractivity contribution >= 4 is 0 Å². The predicted molar refractivity (Wildman–Crippen MR) is 71.3 cm³/mol. The Labute approximate surface area is 106 Å². The van der Waals surface area contributed by atoms with E-state index in [4.69, 9.17) is 4.74 Å². The molecule has 0 radical (unpaired) electrons. The summed E-state index contributed by atoms with van der Waals surface area (Å²) in [6.07, 6.45) is 6.12. The van der Waals surface area contributed by atoms with Gasteiger partial charge in [0, 0.05) is 31.7 Å². The molecule has 1 saturated heterocycles. The van der Waals surface area contributed by atoms with Gasteiger partial charge in [-0.25, -0.2) is 0 Å². The topological polar surface area (TPSA) is 24.5 Å². The van der Waals surface area contributed by atoms with Crippen LogP contribution >= 0.6 is 0 Å². The second-order valence-corrected chi connectivity index (χ2v) is 5.84. The fourth-order valence-electron chi connectivity index (χ4n) is 2.85. The molecule has 0 bridgehead atoms. The highest BCUT2D eigenvalue weighted by Gasteiger charge is 2.29. The molecule has 100 valence electrons. The van der Waals surface area contributed by atoms with E-state index in [2.05, 4.69) is 31.0 Å². The molecule has 3 unspecified atom stereocenters. The molecule has 2 aliphatic rings. The van der Waals surface area contributed by atoms with E-state index in [1.54, 1.807) is 0 Å². The first kappa shape index (κ1) is 13.3. The number of nitrogens with zero attached hydrogens (tertiary/aromatic N) is 1. The molecule has 1 N–H and O–H groups in total. The van der Waals surface area contributed by atoms with Gasteiger partial charge in [-0.2, -0.15) is 0 Å². The first-order valence-corrected chi connectivity index (χ1v) is 7.32. The summed E-state index contributed by atoms with van der Waals surface area (Å²) in [7, 11) is 0. The van der Waals surface area contributed by atoms with E-state index >= 15 is 0 Å². The number of hydrogen-bond donors (Lipinski definition) is 1. The van der Waals surface area contributed by atoms with E-state index < -0.39 is 0 Å². The van der Waals surface area contributed by atoms with Crippen molar-refractivity contribution in [3.63, 3.8) is 0 Å². The SMILES string of the molecule is CCCC(CNC1CC1)N1CC(C)OC(C)C1. The Bertz CT molecular complexity index is 220. The maximum atomic E-state index is 5.82. The molecule has 0 aromatic carbocycles. The molecular weight excluding hydrogens is 212 g/mol. The van der Waals surface area contributed by atoms with Crippen molar-refractivity contribution in [2.24, 2.45) is 0 Å². The van der Waals surface area contributed by atoms with Crippen LogP contribution in [0.15, 0.2) is 0 Å². The molecule has 3 heteroatoms. The van der Waals surface area contributed by atoms with Crippen LogP contribution in [0.3, 0.4) is 0 Å². The molecule has 0 spiro atoms. The van der Waals surface area contributed by atoms with Gasteiger partial charge in [-0.05, 0) is 33.1 Å². The van der Waals surface area contributed by atoms with Crippen molar-refractivity contribution in [3.8, 4) is 0 Å². The van der Waals surface area contributed by atoms with Gasteiger partial charge in [0.2, 0.25) is 0 Å². The quantitative estimate of drug-likeness (QED) is 0.769. The summed E-state index contributed by atoms with van der Waals surface area (Å²) >= 11 is 0. The normalized spacial score (nSPS) is 32.6. The van der Waals surface area contributed by atoms with Gasteiger partial charge in [0.25, 0.3) is 0 Å². The highest BCUT2D eigenvalue weighted by molar-refractivity contribution is 4.86. The zero-order valence-electron chi connectivity index (χ0n) is 11.6. The van der Waals surface area contributed by atoms with Gasteiger partial charge >= 0.3 is 0 Å². The van der Waals surface area contributed by atoms with E-state index in [1.165, 1.54) is 25.7 Å². The number of rotatable bonds is 6. The van der Waals surface area contributed by atoms with Crippen LogP contribution in [-0.4, -0.2) is 48.8 Å². The van der Waals surface area contributed by atoms with Crippen LogP contribution in [0.2, 0.25) is 0 Å². The minimum atomic E-state index is 0.388. The van der Waals surface area contributed by atoms with Crippen LogP contribution < -0.4 is 5.32 Å². The molecule has 1 heterocycles. The highest BCUT2D eigenvalue weighted by Crippen LogP contribution is 2.20. The minimum Gasteiger partial charge on any atom is -0.373 e. The molecule has 17 heavy (non-hydrogen) atoms. The van der Waals surface area contributed by atoms with Crippen LogP contribution in [0.1, 0.15) is 46.5 Å². The monoisotopic (exact) mass is 240 g/mol. The Hall–Kier alpha value is -0.120. The van der Waals surface area contributed by atoms with E-state index in [0.29, 0.717) is 18.2 Å². The van der Waals surface area contributed by atoms with Gasteiger partial charge in [0.1, 0.15) is 0 Å². The predicted octanol–water partition coefficient (Wildman–Crippen LogP) is 2.02. The first-order chi connectivity index (χ1) is 8.19. The van der Waals surface area contributed by atoms with Gasteiger partial charge in [-0.3, -0.25) is 4.90 Å². The first-order valence-electron chi connectivity index (χ1n) is 7.32. The third kappa shape index (κ3) is 4.23. The van der Waals surface area contributed by atoms with E-state index in [1.807, 2.05) is 0 Å². The molecule has 3 nitrogen and oxygen atoms in total. The van der Waals surface area contributed by atoms with Crippen molar-refractivity contribution < 1.29 is 4.74 Å². The van der Waals surface area contributed by atoms with Crippen LogP contribution in [0.4, 0.5) is 0 Å². The molecule has 1 aliphatic carbocycles. The zero-order chi connectivity index (χ0) is 12.3. The fraction of sp³-hybridized carbons (Fsp3) is 1.00. The summed E-state index contributed by atoms with van der Waals surface area (Å²) in [5.74, 6) is 0. The molecule has 0 amide bonds. The van der Waals surface area contributed by atoms with Gasteiger partial charge in [-0.15, -0.1) is 0 Å². The average Bonchev–Trinajstić information content (AvgIpc) is 3.06. The molecular formula is C14H28N2O. The number of nitrogens with one attached hydrogen (secondary N) is 1. The molecule has 1 aliphatic heterocycles. The van der Waals surface area contributed by atoms with Crippen molar-refractivity contribution in [1.82, 2.24) is 10.2 Å². The van der Waals surface area contributed by atoms with Gasteiger partial charge < -0.3 is 10.1 Å². The Morgan fingerprint density at radius 2 is 1.88 bits per heavy atom. The number of ether oxygens (including phenoxy) is 1. The van der Waals surface area contributed by atoms with Crippen molar-refractivity contribution in [2.75, 3.05) is 19.6 Å². The summed E-state index contributed by atoms with van der Waals surface area (Å²) in [5.41, 5.74) is 0. The average molecular weight is 240 g/mol. The van der Waals surface area contributed by atoms with E-state index in [0.717, 1.165) is 25.7 Å². The summed E-state index contributed by atoms with van der Waals surface area (Å²) in [5, 5.41) is 3.69. The maximum absolute atomic E-state index is 5.82. The Kier molecular flexibility index (Phi) is 4.83. The lowest BCUT2D eigenvalue weighted by molar-refractivity contribution is -0.0809. The van der Waals surface area contributed by atoms with E-state index in [-0.39, 0.29) is 0 Å². The van der Waals surface area contributed by atoms with Crippen LogP contribution in [0.5, 0.6) is 0 Å². The van der Waals surface area contributed by atoms with Crippen LogP contribution in [0.25, 0.3) is 0 Å². The summed E-state index contributed by atoms with van der Waals surface area (Å²) in [6.45, 7) is 10.0. The van der Waals surface area contributed by atoms with Crippen LogP contribution in [0, 0.1) is 0 Å². The van der Waals surface area contributed by atoms with Crippen molar-refractivity contribution in [1.29, 1.82) is 0 Å². The summed E-state index contributed by atoms with van der Waals surface area (Å²) in [4.78, 5) is 2.64. The lowest BCUT2D eigenvalue weighted by Gasteiger charge is -2.40. The molecule has 3 atom stereocenters. The van der Waals surface area contributed by atoms with Crippen molar-refractivity contribution in [3.05, 3.63) is 0 Å². The number of hydrogen-bond acceptors (Lipinski definition) is 3. The van der Waals surface area contributed by atoms with Crippen LogP contribution in [-0.2, 0) is 4.74 Å². The summed E-state index contributed by atoms with van der Waals surface area (Å²) in [6, 6.07) is 1.53. The van der Waals surface area contributed by atoms with E-state index in [9.17, 15) is 0 Å². The largest absolute Gasteiger partial charge is 0.373 e. The Balaban J connectivity index is 1.83. The third-order valence-corrected chi connectivity index (χ3v) is 3.81. The second kappa shape index (κ2) is 6.17. The lowest BCUT2D eigenvalue weighted by Crippen LogP contribution is -2.53. The maximum Gasteiger partial charge on any atom is 0.0678 e. The second-order valence-electron chi connectivity index (χ2n) is 5.84. The highest BCUT2D eigenvalue weighted by atomic mass is 16.5. The third-order valence-electron chi connectivity index (χ3n) is 3.81. The van der Waals surface area contributed by atoms with Gasteiger partial charge in [0.15, 0.2) is 0 Å². The minimum absolute atomic E-state index is 0.388. The Morgan fingerprint density at radius 1 is 1.24 bits per heavy atom.